The Hall–Kier alpha value is -1.36. The number of likely N-dealkylation sites (tertiary alicyclic amines) is 1. The number of piperidine rings is 1. The minimum Gasteiger partial charge on any atom is -0.351 e. The van der Waals surface area contributed by atoms with Crippen LogP contribution >= 0.6 is 0 Å². The zero-order chi connectivity index (χ0) is 11.4. The highest BCUT2D eigenvalue weighted by Gasteiger charge is 2.24. The van der Waals surface area contributed by atoms with Crippen LogP contribution < -0.4 is 5.73 Å². The van der Waals surface area contributed by atoms with E-state index in [1.165, 1.54) is 6.20 Å². The highest BCUT2D eigenvalue weighted by atomic mass is 16.5. The maximum atomic E-state index is 11.9. The standard InChI is InChI=1S/C11H17N3O2/c12-5-1-9-3-7-14(8-4-9)11(15)10-2-6-13-16-10/h2,6,9H,1,3-5,7-8,12H2. The van der Waals surface area contributed by atoms with E-state index in [0.29, 0.717) is 11.7 Å². The smallest absolute Gasteiger partial charge is 0.292 e. The fraction of sp³-hybridized carbons (Fsp3) is 0.636. The van der Waals surface area contributed by atoms with E-state index in [1.54, 1.807) is 6.07 Å². The summed E-state index contributed by atoms with van der Waals surface area (Å²) in [6.07, 6.45) is 4.63. The van der Waals surface area contributed by atoms with E-state index in [-0.39, 0.29) is 5.91 Å². The minimum absolute atomic E-state index is 0.0521. The van der Waals surface area contributed by atoms with Gasteiger partial charge in [0.2, 0.25) is 5.76 Å². The summed E-state index contributed by atoms with van der Waals surface area (Å²) in [4.78, 5) is 13.7. The van der Waals surface area contributed by atoms with Gasteiger partial charge in [-0.3, -0.25) is 4.79 Å². The molecule has 1 aromatic heterocycles. The number of hydrogen-bond acceptors (Lipinski definition) is 4. The van der Waals surface area contributed by atoms with E-state index in [2.05, 4.69) is 5.16 Å². The summed E-state index contributed by atoms with van der Waals surface area (Å²) >= 11 is 0. The van der Waals surface area contributed by atoms with Crippen molar-refractivity contribution in [2.24, 2.45) is 11.7 Å². The first-order valence-electron chi connectivity index (χ1n) is 5.71. The number of carbonyl (C=O) groups is 1. The molecule has 0 aliphatic carbocycles. The molecule has 5 heteroatoms. The van der Waals surface area contributed by atoms with Gasteiger partial charge < -0.3 is 15.2 Å². The third-order valence-corrected chi connectivity index (χ3v) is 3.13. The van der Waals surface area contributed by atoms with Crippen molar-refractivity contribution in [1.29, 1.82) is 0 Å². The van der Waals surface area contributed by atoms with Gasteiger partial charge in [-0.2, -0.15) is 0 Å². The number of rotatable bonds is 3. The van der Waals surface area contributed by atoms with Crippen LogP contribution in [0.4, 0.5) is 0 Å². The Bertz CT molecular complexity index is 329. The molecule has 1 aromatic rings. The van der Waals surface area contributed by atoms with Gasteiger partial charge in [-0.15, -0.1) is 0 Å². The highest BCUT2D eigenvalue weighted by molar-refractivity contribution is 5.91. The highest BCUT2D eigenvalue weighted by Crippen LogP contribution is 2.21. The quantitative estimate of drug-likeness (QED) is 0.825. The molecule has 0 spiro atoms. The molecule has 88 valence electrons. The first-order chi connectivity index (χ1) is 7.81. The maximum Gasteiger partial charge on any atom is 0.292 e. The number of aromatic nitrogens is 1. The van der Waals surface area contributed by atoms with Gasteiger partial charge in [0, 0.05) is 19.2 Å². The molecule has 16 heavy (non-hydrogen) atoms. The second-order valence-electron chi connectivity index (χ2n) is 4.19. The molecule has 0 unspecified atom stereocenters. The van der Waals surface area contributed by atoms with Crippen molar-refractivity contribution < 1.29 is 9.32 Å². The van der Waals surface area contributed by atoms with Crippen LogP contribution in [-0.4, -0.2) is 35.6 Å². The molecule has 1 amide bonds. The van der Waals surface area contributed by atoms with Gasteiger partial charge in [0.05, 0.1) is 6.20 Å². The van der Waals surface area contributed by atoms with E-state index >= 15 is 0 Å². The third-order valence-electron chi connectivity index (χ3n) is 3.13. The van der Waals surface area contributed by atoms with E-state index in [0.717, 1.165) is 38.9 Å². The summed E-state index contributed by atoms with van der Waals surface area (Å²) in [5, 5.41) is 3.54. The van der Waals surface area contributed by atoms with Crippen LogP contribution in [0.25, 0.3) is 0 Å². The molecular weight excluding hydrogens is 206 g/mol. The van der Waals surface area contributed by atoms with Gasteiger partial charge in [-0.05, 0) is 31.7 Å². The maximum absolute atomic E-state index is 11.9. The van der Waals surface area contributed by atoms with Crippen molar-refractivity contribution in [3.8, 4) is 0 Å². The Morgan fingerprint density at radius 1 is 1.56 bits per heavy atom. The number of amides is 1. The van der Waals surface area contributed by atoms with Crippen molar-refractivity contribution in [2.75, 3.05) is 19.6 Å². The lowest BCUT2D eigenvalue weighted by atomic mass is 9.93. The third kappa shape index (κ3) is 2.41. The zero-order valence-corrected chi connectivity index (χ0v) is 9.26. The average Bonchev–Trinajstić information content (AvgIpc) is 2.83. The first-order valence-corrected chi connectivity index (χ1v) is 5.71. The first kappa shape index (κ1) is 11.1. The molecule has 5 nitrogen and oxygen atoms in total. The van der Waals surface area contributed by atoms with E-state index in [1.807, 2.05) is 4.90 Å². The Morgan fingerprint density at radius 2 is 2.31 bits per heavy atom. The molecule has 0 aromatic carbocycles. The van der Waals surface area contributed by atoms with Gasteiger partial charge in [0.25, 0.3) is 5.91 Å². The summed E-state index contributed by atoms with van der Waals surface area (Å²) in [6.45, 7) is 2.33. The van der Waals surface area contributed by atoms with E-state index < -0.39 is 0 Å². The van der Waals surface area contributed by atoms with Gasteiger partial charge >= 0.3 is 0 Å². The molecule has 2 rings (SSSR count). The van der Waals surface area contributed by atoms with E-state index in [4.69, 9.17) is 10.3 Å². The monoisotopic (exact) mass is 223 g/mol. The van der Waals surface area contributed by atoms with Crippen LogP contribution in [-0.2, 0) is 0 Å². The number of hydrogen-bond donors (Lipinski definition) is 1. The van der Waals surface area contributed by atoms with Crippen molar-refractivity contribution in [1.82, 2.24) is 10.1 Å². The molecule has 0 atom stereocenters. The topological polar surface area (TPSA) is 72.4 Å². The van der Waals surface area contributed by atoms with Crippen LogP contribution in [0.1, 0.15) is 29.8 Å². The Morgan fingerprint density at radius 3 is 2.88 bits per heavy atom. The average molecular weight is 223 g/mol. The summed E-state index contributed by atoms with van der Waals surface area (Å²) in [7, 11) is 0. The Balaban J connectivity index is 1.87. The molecule has 1 saturated heterocycles. The summed E-state index contributed by atoms with van der Waals surface area (Å²) in [5.74, 6) is 0.949. The fourth-order valence-corrected chi connectivity index (χ4v) is 2.14. The fourth-order valence-electron chi connectivity index (χ4n) is 2.14. The van der Waals surface area contributed by atoms with Crippen molar-refractivity contribution in [3.05, 3.63) is 18.0 Å². The van der Waals surface area contributed by atoms with E-state index in [9.17, 15) is 4.79 Å². The number of nitrogens with zero attached hydrogens (tertiary/aromatic N) is 2. The second-order valence-corrected chi connectivity index (χ2v) is 4.19. The molecule has 1 aliphatic rings. The zero-order valence-electron chi connectivity index (χ0n) is 9.26. The number of carbonyl (C=O) groups excluding carboxylic acids is 1. The summed E-state index contributed by atoms with van der Waals surface area (Å²) in [5.41, 5.74) is 5.53. The normalized spacial score (nSPS) is 17.7. The molecule has 1 aliphatic heterocycles. The minimum atomic E-state index is -0.0521. The molecule has 2 N–H and O–H groups in total. The molecular formula is C11H17N3O2. The van der Waals surface area contributed by atoms with Crippen LogP contribution in [0.3, 0.4) is 0 Å². The molecule has 0 saturated carbocycles. The molecule has 0 radical (unpaired) electrons. The van der Waals surface area contributed by atoms with Gasteiger partial charge in [-0.1, -0.05) is 5.16 Å². The van der Waals surface area contributed by atoms with Crippen LogP contribution in [0.5, 0.6) is 0 Å². The van der Waals surface area contributed by atoms with Gasteiger partial charge in [-0.25, -0.2) is 0 Å². The predicted octanol–water partition coefficient (Wildman–Crippen LogP) is 0.876. The number of nitrogens with two attached hydrogens (primary N) is 1. The molecule has 0 bridgehead atoms. The molecule has 1 fully saturated rings. The Kier molecular flexibility index (Phi) is 3.56. The van der Waals surface area contributed by atoms with Gasteiger partial charge in [0.1, 0.15) is 0 Å². The summed E-state index contributed by atoms with van der Waals surface area (Å²) < 4.78 is 4.86. The lowest BCUT2D eigenvalue weighted by molar-refractivity contribution is 0.0646. The largest absolute Gasteiger partial charge is 0.351 e. The van der Waals surface area contributed by atoms with Crippen LogP contribution in [0.2, 0.25) is 0 Å². The van der Waals surface area contributed by atoms with Crippen molar-refractivity contribution >= 4 is 5.91 Å². The molecule has 2 heterocycles. The van der Waals surface area contributed by atoms with Crippen LogP contribution in [0.15, 0.2) is 16.8 Å². The lowest BCUT2D eigenvalue weighted by Gasteiger charge is -2.31. The second kappa shape index (κ2) is 5.12. The predicted molar refractivity (Wildman–Crippen MR) is 58.8 cm³/mol. The summed E-state index contributed by atoms with van der Waals surface area (Å²) in [6, 6.07) is 1.61. The van der Waals surface area contributed by atoms with Crippen molar-refractivity contribution in [3.63, 3.8) is 0 Å². The van der Waals surface area contributed by atoms with Crippen LogP contribution in [0, 0.1) is 5.92 Å². The lowest BCUT2D eigenvalue weighted by Crippen LogP contribution is -2.38. The van der Waals surface area contributed by atoms with Crippen molar-refractivity contribution in [2.45, 2.75) is 19.3 Å². The van der Waals surface area contributed by atoms with Gasteiger partial charge in [0.15, 0.2) is 0 Å². The SMILES string of the molecule is NCCC1CCN(C(=O)c2ccno2)CC1. The Labute approximate surface area is 94.6 Å².